The molecule has 27 heavy (non-hydrogen) atoms. The van der Waals surface area contributed by atoms with Gasteiger partial charge in [0.2, 0.25) is 11.8 Å². The monoisotopic (exact) mass is 376 g/mol. The van der Waals surface area contributed by atoms with E-state index in [2.05, 4.69) is 17.4 Å². The minimum Gasteiger partial charge on any atom is -0.369 e. The van der Waals surface area contributed by atoms with E-state index in [1.54, 1.807) is 0 Å². The molecule has 3 rings (SSSR count). The van der Waals surface area contributed by atoms with Crippen LogP contribution in [0.4, 0.5) is 5.69 Å². The van der Waals surface area contributed by atoms with Crippen LogP contribution in [0.2, 0.25) is 0 Å². The summed E-state index contributed by atoms with van der Waals surface area (Å²) in [5.41, 5.74) is 9.10. The van der Waals surface area contributed by atoms with E-state index in [9.17, 15) is 9.59 Å². The highest BCUT2D eigenvalue weighted by atomic mass is 32.2. The molecule has 2 amide bonds. The first-order valence-corrected chi connectivity index (χ1v) is 9.55. The van der Waals surface area contributed by atoms with Crippen LogP contribution in [0, 0.1) is 0 Å². The highest BCUT2D eigenvalue weighted by Crippen LogP contribution is 2.27. The summed E-state index contributed by atoms with van der Waals surface area (Å²) in [5, 5.41) is 2.92. The maximum Gasteiger partial charge on any atom is 0.228 e. The molecule has 4 nitrogen and oxygen atoms in total. The predicted octanol–water partition coefficient (Wildman–Crippen LogP) is 4.11. The SMILES string of the molecule is NC(=O)CSc1ccccc1NC(=O)Cc1ccc(-c2ccccc2)cc1. The largest absolute Gasteiger partial charge is 0.369 e. The first-order chi connectivity index (χ1) is 13.1. The molecule has 0 unspecified atom stereocenters. The van der Waals surface area contributed by atoms with Gasteiger partial charge in [-0.05, 0) is 28.8 Å². The second-order valence-corrected chi connectivity index (χ2v) is 7.06. The van der Waals surface area contributed by atoms with E-state index in [1.165, 1.54) is 11.8 Å². The normalized spacial score (nSPS) is 10.4. The van der Waals surface area contributed by atoms with Crippen molar-refractivity contribution in [1.82, 2.24) is 0 Å². The van der Waals surface area contributed by atoms with Crippen molar-refractivity contribution in [2.24, 2.45) is 5.73 Å². The second kappa shape index (κ2) is 9.05. The van der Waals surface area contributed by atoms with E-state index in [-0.39, 0.29) is 24.0 Å². The third-order valence-electron chi connectivity index (χ3n) is 3.96. The smallest absolute Gasteiger partial charge is 0.228 e. The Bertz CT molecular complexity index is 925. The minimum absolute atomic E-state index is 0.102. The summed E-state index contributed by atoms with van der Waals surface area (Å²) in [6.07, 6.45) is 0.282. The first-order valence-electron chi connectivity index (χ1n) is 8.56. The standard InChI is InChI=1S/C22H20N2O2S/c23-21(25)15-27-20-9-5-4-8-19(20)24-22(26)14-16-10-12-18(13-11-16)17-6-2-1-3-7-17/h1-13H,14-15H2,(H2,23,25)(H,24,26). The molecule has 0 radical (unpaired) electrons. The van der Waals surface area contributed by atoms with Crippen molar-refractivity contribution >= 4 is 29.3 Å². The van der Waals surface area contributed by atoms with Gasteiger partial charge in [0.1, 0.15) is 0 Å². The lowest BCUT2D eigenvalue weighted by atomic mass is 10.0. The van der Waals surface area contributed by atoms with Crippen molar-refractivity contribution in [3.8, 4) is 11.1 Å². The van der Waals surface area contributed by atoms with Crippen molar-refractivity contribution in [3.05, 3.63) is 84.4 Å². The van der Waals surface area contributed by atoms with Crippen LogP contribution in [0.3, 0.4) is 0 Å². The lowest BCUT2D eigenvalue weighted by molar-refractivity contribution is -0.116. The number of nitrogens with two attached hydrogens (primary N) is 1. The van der Waals surface area contributed by atoms with Crippen LogP contribution in [0.5, 0.6) is 0 Å². The van der Waals surface area contributed by atoms with Gasteiger partial charge in [-0.25, -0.2) is 0 Å². The van der Waals surface area contributed by atoms with Crippen LogP contribution in [-0.2, 0) is 16.0 Å². The van der Waals surface area contributed by atoms with Gasteiger partial charge in [-0.15, -0.1) is 11.8 Å². The Morgan fingerprint density at radius 1 is 0.815 bits per heavy atom. The molecule has 0 fully saturated rings. The molecule has 136 valence electrons. The zero-order chi connectivity index (χ0) is 19.1. The van der Waals surface area contributed by atoms with Crippen molar-refractivity contribution in [2.45, 2.75) is 11.3 Å². The number of benzene rings is 3. The zero-order valence-electron chi connectivity index (χ0n) is 14.7. The molecular weight excluding hydrogens is 356 g/mol. The summed E-state index contributed by atoms with van der Waals surface area (Å²) in [6, 6.07) is 25.5. The molecule has 0 spiro atoms. The van der Waals surface area contributed by atoms with Gasteiger partial charge >= 0.3 is 0 Å². The summed E-state index contributed by atoms with van der Waals surface area (Å²) in [5.74, 6) is -0.317. The van der Waals surface area contributed by atoms with Gasteiger partial charge < -0.3 is 11.1 Å². The molecule has 0 bridgehead atoms. The molecule has 3 N–H and O–H groups in total. The van der Waals surface area contributed by atoms with Crippen molar-refractivity contribution in [2.75, 3.05) is 11.1 Å². The van der Waals surface area contributed by atoms with Crippen LogP contribution in [0.1, 0.15) is 5.56 Å². The Balaban J connectivity index is 1.64. The summed E-state index contributed by atoms with van der Waals surface area (Å²) in [4.78, 5) is 24.2. The minimum atomic E-state index is -0.389. The van der Waals surface area contributed by atoms with Crippen LogP contribution < -0.4 is 11.1 Å². The summed E-state index contributed by atoms with van der Waals surface area (Å²) in [7, 11) is 0. The molecule has 0 aliphatic rings. The highest BCUT2D eigenvalue weighted by Gasteiger charge is 2.09. The first kappa shape index (κ1) is 18.7. The number of para-hydroxylation sites is 1. The fraction of sp³-hybridized carbons (Fsp3) is 0.0909. The zero-order valence-corrected chi connectivity index (χ0v) is 15.5. The number of rotatable bonds is 7. The number of hydrogen-bond donors (Lipinski definition) is 2. The Morgan fingerprint density at radius 3 is 2.15 bits per heavy atom. The van der Waals surface area contributed by atoms with Gasteiger partial charge in [-0.1, -0.05) is 66.7 Å². The maximum absolute atomic E-state index is 12.4. The Kier molecular flexibility index (Phi) is 6.28. The molecule has 0 atom stereocenters. The molecule has 0 heterocycles. The van der Waals surface area contributed by atoms with E-state index >= 15 is 0 Å². The summed E-state index contributed by atoms with van der Waals surface area (Å²) < 4.78 is 0. The quantitative estimate of drug-likeness (QED) is 0.610. The average molecular weight is 376 g/mol. The Hall–Kier alpha value is -3.05. The van der Waals surface area contributed by atoms with Gasteiger partial charge in [0.05, 0.1) is 17.9 Å². The van der Waals surface area contributed by atoms with Crippen molar-refractivity contribution in [1.29, 1.82) is 0 Å². The predicted molar refractivity (Wildman–Crippen MR) is 111 cm³/mol. The average Bonchev–Trinajstić information content (AvgIpc) is 2.68. The molecule has 0 aromatic heterocycles. The van der Waals surface area contributed by atoms with E-state index in [0.717, 1.165) is 21.6 Å². The number of thioether (sulfide) groups is 1. The molecular formula is C22H20N2O2S. The van der Waals surface area contributed by atoms with Crippen LogP contribution in [0.25, 0.3) is 11.1 Å². The van der Waals surface area contributed by atoms with Gasteiger partial charge in [0.15, 0.2) is 0 Å². The summed E-state index contributed by atoms with van der Waals surface area (Å²) in [6.45, 7) is 0. The van der Waals surface area contributed by atoms with Crippen LogP contribution in [0.15, 0.2) is 83.8 Å². The van der Waals surface area contributed by atoms with E-state index in [4.69, 9.17) is 5.73 Å². The van der Waals surface area contributed by atoms with Crippen LogP contribution in [-0.4, -0.2) is 17.6 Å². The maximum atomic E-state index is 12.4. The lowest BCUT2D eigenvalue weighted by Gasteiger charge is -2.10. The number of anilines is 1. The number of carbonyl (C=O) groups is 2. The molecule has 0 saturated carbocycles. The molecule has 3 aromatic carbocycles. The Labute approximate surface area is 162 Å². The summed E-state index contributed by atoms with van der Waals surface area (Å²) >= 11 is 1.31. The van der Waals surface area contributed by atoms with Gasteiger partial charge in [0.25, 0.3) is 0 Å². The van der Waals surface area contributed by atoms with Crippen molar-refractivity contribution in [3.63, 3.8) is 0 Å². The number of nitrogens with one attached hydrogen (secondary N) is 1. The topological polar surface area (TPSA) is 72.2 Å². The molecule has 5 heteroatoms. The molecule has 3 aromatic rings. The fourth-order valence-corrected chi connectivity index (χ4v) is 3.42. The fourth-order valence-electron chi connectivity index (χ4n) is 2.67. The third kappa shape index (κ3) is 5.46. The molecule has 0 aliphatic heterocycles. The number of amides is 2. The van der Waals surface area contributed by atoms with Gasteiger partial charge in [-0.2, -0.15) is 0 Å². The highest BCUT2D eigenvalue weighted by molar-refractivity contribution is 8.00. The number of hydrogen-bond acceptors (Lipinski definition) is 3. The van der Waals surface area contributed by atoms with E-state index in [1.807, 2.05) is 66.7 Å². The second-order valence-electron chi connectivity index (χ2n) is 6.04. The molecule has 0 aliphatic carbocycles. The Morgan fingerprint density at radius 2 is 1.44 bits per heavy atom. The van der Waals surface area contributed by atoms with Gasteiger partial charge in [0, 0.05) is 4.90 Å². The number of carbonyl (C=O) groups excluding carboxylic acids is 2. The number of primary amides is 1. The third-order valence-corrected chi connectivity index (χ3v) is 5.05. The van der Waals surface area contributed by atoms with E-state index < -0.39 is 0 Å². The lowest BCUT2D eigenvalue weighted by Crippen LogP contribution is -2.16. The van der Waals surface area contributed by atoms with Crippen LogP contribution >= 0.6 is 11.8 Å². The molecule has 0 saturated heterocycles. The van der Waals surface area contributed by atoms with Crippen molar-refractivity contribution < 1.29 is 9.59 Å². The van der Waals surface area contributed by atoms with E-state index in [0.29, 0.717) is 5.69 Å². The van der Waals surface area contributed by atoms with Gasteiger partial charge in [-0.3, -0.25) is 9.59 Å².